The van der Waals surface area contributed by atoms with Crippen LogP contribution < -0.4 is 10.2 Å². The van der Waals surface area contributed by atoms with Gasteiger partial charge in [0.05, 0.1) is 6.21 Å². The first-order valence-electron chi connectivity index (χ1n) is 6.51. The molecular weight excluding hydrogens is 307 g/mol. The molecule has 2 aromatic carbocycles. The van der Waals surface area contributed by atoms with Crippen molar-refractivity contribution >= 4 is 23.7 Å². The summed E-state index contributed by atoms with van der Waals surface area (Å²) < 4.78 is 18.1. The lowest BCUT2D eigenvalue weighted by atomic mass is 10.2. The summed E-state index contributed by atoms with van der Waals surface area (Å²) in [7, 11) is 0. The van der Waals surface area contributed by atoms with Gasteiger partial charge in [0, 0.05) is 5.02 Å². The summed E-state index contributed by atoms with van der Waals surface area (Å²) in [5.74, 6) is -0.136. The molecule has 0 unspecified atom stereocenters. The zero-order chi connectivity index (χ0) is 15.9. The molecule has 0 aromatic heterocycles. The number of amides is 1. The highest BCUT2D eigenvalue weighted by Gasteiger charge is 2.04. The number of ether oxygens (including phenoxy) is 1. The molecule has 0 atom stereocenters. The van der Waals surface area contributed by atoms with Gasteiger partial charge in [0.15, 0.2) is 6.61 Å². The first-order chi connectivity index (χ1) is 10.5. The second-order valence-electron chi connectivity index (χ2n) is 4.54. The number of nitrogens with one attached hydrogen (secondary N) is 1. The maximum absolute atomic E-state index is 12.7. The van der Waals surface area contributed by atoms with E-state index in [4.69, 9.17) is 16.3 Å². The third-order valence-electron chi connectivity index (χ3n) is 2.77. The summed E-state index contributed by atoms with van der Waals surface area (Å²) in [4.78, 5) is 11.6. The van der Waals surface area contributed by atoms with E-state index < -0.39 is 5.91 Å². The Labute approximate surface area is 132 Å². The third kappa shape index (κ3) is 4.86. The standard InChI is InChI=1S/C16H14ClFN2O2/c1-11-8-13(17)4-7-15(11)22-10-16(21)20-19-9-12-2-5-14(18)6-3-12/h2-9H,10H2,1H3,(H,20,21)/b19-9+. The van der Waals surface area contributed by atoms with Gasteiger partial charge in [-0.2, -0.15) is 5.10 Å². The minimum atomic E-state index is -0.396. The van der Waals surface area contributed by atoms with Crippen LogP contribution in [0.5, 0.6) is 5.75 Å². The number of benzene rings is 2. The molecule has 0 saturated heterocycles. The number of hydrogen-bond donors (Lipinski definition) is 1. The normalized spacial score (nSPS) is 10.7. The van der Waals surface area contributed by atoms with E-state index in [-0.39, 0.29) is 12.4 Å². The van der Waals surface area contributed by atoms with Crippen LogP contribution >= 0.6 is 11.6 Å². The van der Waals surface area contributed by atoms with Crippen LogP contribution in [0.1, 0.15) is 11.1 Å². The van der Waals surface area contributed by atoms with Gasteiger partial charge in [0.2, 0.25) is 0 Å². The second kappa shape index (κ2) is 7.56. The van der Waals surface area contributed by atoms with E-state index in [1.54, 1.807) is 30.3 Å². The van der Waals surface area contributed by atoms with Crippen molar-refractivity contribution in [2.75, 3.05) is 6.61 Å². The molecule has 0 aliphatic heterocycles. The van der Waals surface area contributed by atoms with E-state index in [1.165, 1.54) is 18.3 Å². The second-order valence-corrected chi connectivity index (χ2v) is 4.98. The predicted molar refractivity (Wildman–Crippen MR) is 83.8 cm³/mol. The number of carbonyl (C=O) groups excluding carboxylic acids is 1. The zero-order valence-corrected chi connectivity index (χ0v) is 12.6. The lowest BCUT2D eigenvalue weighted by Crippen LogP contribution is -2.24. The SMILES string of the molecule is Cc1cc(Cl)ccc1OCC(=O)N/N=C/c1ccc(F)cc1. The molecule has 1 amide bonds. The number of aryl methyl sites for hydroxylation is 1. The number of nitrogens with zero attached hydrogens (tertiary/aromatic N) is 1. The molecule has 114 valence electrons. The van der Waals surface area contributed by atoms with E-state index in [2.05, 4.69) is 10.5 Å². The van der Waals surface area contributed by atoms with E-state index in [1.807, 2.05) is 6.92 Å². The van der Waals surface area contributed by atoms with Crippen LogP contribution in [0.25, 0.3) is 0 Å². The Morgan fingerprint density at radius 3 is 2.73 bits per heavy atom. The molecule has 0 bridgehead atoms. The van der Waals surface area contributed by atoms with Crippen molar-refractivity contribution in [3.8, 4) is 5.75 Å². The fourth-order valence-corrected chi connectivity index (χ4v) is 1.90. The Morgan fingerprint density at radius 2 is 2.05 bits per heavy atom. The molecular formula is C16H14ClFN2O2. The predicted octanol–water partition coefficient (Wildman–Crippen LogP) is 3.32. The van der Waals surface area contributed by atoms with Gasteiger partial charge >= 0.3 is 0 Å². The Bertz CT molecular complexity index is 687. The number of rotatable bonds is 5. The lowest BCUT2D eigenvalue weighted by Gasteiger charge is -2.08. The number of halogens is 2. The van der Waals surface area contributed by atoms with E-state index >= 15 is 0 Å². The minimum absolute atomic E-state index is 0.163. The molecule has 0 heterocycles. The quantitative estimate of drug-likeness (QED) is 0.678. The van der Waals surface area contributed by atoms with E-state index in [0.29, 0.717) is 16.3 Å². The summed E-state index contributed by atoms with van der Waals surface area (Å²) in [5.41, 5.74) is 3.85. The highest BCUT2D eigenvalue weighted by molar-refractivity contribution is 6.30. The molecule has 0 aliphatic carbocycles. The highest BCUT2D eigenvalue weighted by Crippen LogP contribution is 2.21. The molecule has 6 heteroatoms. The van der Waals surface area contributed by atoms with Crippen molar-refractivity contribution in [3.63, 3.8) is 0 Å². The summed E-state index contributed by atoms with van der Waals surface area (Å²) in [6.45, 7) is 1.68. The smallest absolute Gasteiger partial charge is 0.277 e. The summed E-state index contributed by atoms with van der Waals surface area (Å²) in [5, 5.41) is 4.38. The van der Waals surface area contributed by atoms with Gasteiger partial charge < -0.3 is 4.74 Å². The van der Waals surface area contributed by atoms with Crippen molar-refractivity contribution in [2.24, 2.45) is 5.10 Å². The van der Waals surface area contributed by atoms with E-state index in [9.17, 15) is 9.18 Å². The fourth-order valence-electron chi connectivity index (χ4n) is 1.68. The van der Waals surface area contributed by atoms with Crippen LogP contribution in [0.4, 0.5) is 4.39 Å². The molecule has 22 heavy (non-hydrogen) atoms. The average Bonchev–Trinajstić information content (AvgIpc) is 2.48. The summed E-state index contributed by atoms with van der Waals surface area (Å²) >= 11 is 5.84. The molecule has 0 saturated carbocycles. The Balaban J connectivity index is 1.81. The van der Waals surface area contributed by atoms with Gasteiger partial charge in [-0.15, -0.1) is 0 Å². The third-order valence-corrected chi connectivity index (χ3v) is 3.00. The molecule has 0 spiro atoms. The molecule has 2 aromatic rings. The van der Waals surface area contributed by atoms with Gasteiger partial charge in [-0.1, -0.05) is 23.7 Å². The lowest BCUT2D eigenvalue weighted by molar-refractivity contribution is -0.123. The Kier molecular flexibility index (Phi) is 5.49. The number of hydrazone groups is 1. The van der Waals surface area contributed by atoms with E-state index in [0.717, 1.165) is 5.56 Å². The Morgan fingerprint density at radius 1 is 1.32 bits per heavy atom. The van der Waals surface area contributed by atoms with Crippen molar-refractivity contribution in [1.82, 2.24) is 5.43 Å². The molecule has 0 radical (unpaired) electrons. The monoisotopic (exact) mass is 320 g/mol. The van der Waals surface area contributed by atoms with Gasteiger partial charge in [0.1, 0.15) is 11.6 Å². The molecule has 2 rings (SSSR count). The Hall–Kier alpha value is -2.40. The summed E-state index contributed by atoms with van der Waals surface area (Å²) in [6.07, 6.45) is 1.42. The first kappa shape index (κ1) is 16.0. The number of carbonyl (C=O) groups is 1. The van der Waals surface area contributed by atoms with Crippen LogP contribution in [0.15, 0.2) is 47.6 Å². The highest BCUT2D eigenvalue weighted by atomic mass is 35.5. The maximum Gasteiger partial charge on any atom is 0.277 e. The van der Waals surface area contributed by atoms with Gasteiger partial charge in [-0.3, -0.25) is 4.79 Å². The van der Waals surface area contributed by atoms with Crippen LogP contribution in [0.2, 0.25) is 5.02 Å². The van der Waals surface area contributed by atoms with Crippen LogP contribution in [0, 0.1) is 12.7 Å². The molecule has 4 nitrogen and oxygen atoms in total. The van der Waals surface area contributed by atoms with Crippen LogP contribution in [-0.4, -0.2) is 18.7 Å². The molecule has 1 N–H and O–H groups in total. The van der Waals surface area contributed by atoms with Crippen molar-refractivity contribution in [3.05, 3.63) is 64.4 Å². The first-order valence-corrected chi connectivity index (χ1v) is 6.89. The maximum atomic E-state index is 12.7. The zero-order valence-electron chi connectivity index (χ0n) is 11.8. The van der Waals surface area contributed by atoms with Crippen molar-refractivity contribution in [1.29, 1.82) is 0 Å². The van der Waals surface area contributed by atoms with Gasteiger partial charge in [-0.05, 0) is 48.4 Å². The molecule has 0 aliphatic rings. The fraction of sp³-hybridized carbons (Fsp3) is 0.125. The summed E-state index contributed by atoms with van der Waals surface area (Å²) in [6, 6.07) is 10.9. The van der Waals surface area contributed by atoms with Gasteiger partial charge in [-0.25, -0.2) is 9.82 Å². The number of hydrogen-bond acceptors (Lipinski definition) is 3. The largest absolute Gasteiger partial charge is 0.483 e. The van der Waals surface area contributed by atoms with Crippen LogP contribution in [0.3, 0.4) is 0 Å². The topological polar surface area (TPSA) is 50.7 Å². The van der Waals surface area contributed by atoms with Gasteiger partial charge in [0.25, 0.3) is 5.91 Å². The van der Waals surface area contributed by atoms with Crippen molar-refractivity contribution in [2.45, 2.75) is 6.92 Å². The average molecular weight is 321 g/mol. The molecule has 0 fully saturated rings. The van der Waals surface area contributed by atoms with Crippen LogP contribution in [-0.2, 0) is 4.79 Å². The van der Waals surface area contributed by atoms with Crippen molar-refractivity contribution < 1.29 is 13.9 Å². The minimum Gasteiger partial charge on any atom is -0.483 e.